The Bertz CT molecular complexity index is 508. The molecule has 0 amide bonds. The first-order chi connectivity index (χ1) is 12.2. The van der Waals surface area contributed by atoms with Gasteiger partial charge in [0.2, 0.25) is 0 Å². The van der Waals surface area contributed by atoms with Gasteiger partial charge in [-0.05, 0) is 20.3 Å². The molecule has 0 N–H and O–H groups in total. The van der Waals surface area contributed by atoms with Gasteiger partial charge < -0.3 is 28.4 Å². The van der Waals surface area contributed by atoms with E-state index in [9.17, 15) is 9.59 Å². The minimum Gasteiger partial charge on any atom is -0.468 e. The van der Waals surface area contributed by atoms with Gasteiger partial charge in [0.1, 0.15) is 10.8 Å². The van der Waals surface area contributed by atoms with Gasteiger partial charge in [-0.3, -0.25) is 9.59 Å². The number of carbonyl (C=O) groups excluding carboxylic acids is 2. The first kappa shape index (κ1) is 19.5. The van der Waals surface area contributed by atoms with Crippen molar-refractivity contribution in [1.29, 1.82) is 0 Å². The Morgan fingerprint density at radius 2 is 1.08 bits per heavy atom. The molecule has 2 saturated heterocycles. The standard InChI is InChI=1S/C18H28O8/c1-15(13(19)21-3)9-23-17(24-10-15)6-5-7-18(8-17)25-11-16(2,12-26-18)14(20)22-4/h5-12H2,1-4H3. The summed E-state index contributed by atoms with van der Waals surface area (Å²) in [7, 11) is 2.71. The van der Waals surface area contributed by atoms with Crippen LogP contribution in [0.25, 0.3) is 0 Å². The molecule has 8 nitrogen and oxygen atoms in total. The first-order valence-corrected chi connectivity index (χ1v) is 8.93. The zero-order chi connectivity index (χ0) is 19.1. The number of hydrogen-bond acceptors (Lipinski definition) is 8. The van der Waals surface area contributed by atoms with Gasteiger partial charge in [0.05, 0.1) is 47.1 Å². The van der Waals surface area contributed by atoms with Crippen LogP contribution >= 0.6 is 0 Å². The molecule has 3 aliphatic rings. The van der Waals surface area contributed by atoms with Crippen molar-refractivity contribution >= 4 is 11.9 Å². The van der Waals surface area contributed by atoms with Crippen molar-refractivity contribution in [2.45, 2.75) is 51.1 Å². The third-order valence-electron chi connectivity index (χ3n) is 5.63. The molecule has 0 unspecified atom stereocenters. The second-order valence-corrected chi connectivity index (χ2v) is 8.11. The van der Waals surface area contributed by atoms with Gasteiger partial charge >= 0.3 is 11.9 Å². The Morgan fingerprint density at radius 3 is 1.38 bits per heavy atom. The molecule has 0 atom stereocenters. The highest BCUT2D eigenvalue weighted by atomic mass is 16.7. The minimum absolute atomic E-state index is 0.218. The van der Waals surface area contributed by atoms with Crippen molar-refractivity contribution in [3.63, 3.8) is 0 Å². The van der Waals surface area contributed by atoms with Gasteiger partial charge in [-0.2, -0.15) is 0 Å². The Hall–Kier alpha value is -1.22. The summed E-state index contributed by atoms with van der Waals surface area (Å²) >= 11 is 0. The predicted molar refractivity (Wildman–Crippen MR) is 88.0 cm³/mol. The van der Waals surface area contributed by atoms with E-state index in [1.807, 2.05) is 0 Å². The fourth-order valence-corrected chi connectivity index (χ4v) is 3.77. The summed E-state index contributed by atoms with van der Waals surface area (Å²) in [5, 5.41) is 0. The van der Waals surface area contributed by atoms with E-state index in [4.69, 9.17) is 28.4 Å². The number of methoxy groups -OCH3 is 2. The first-order valence-electron chi connectivity index (χ1n) is 8.93. The Morgan fingerprint density at radius 1 is 0.731 bits per heavy atom. The van der Waals surface area contributed by atoms with Gasteiger partial charge in [-0.1, -0.05) is 0 Å². The zero-order valence-electron chi connectivity index (χ0n) is 15.9. The molecule has 26 heavy (non-hydrogen) atoms. The Labute approximate surface area is 153 Å². The van der Waals surface area contributed by atoms with Crippen LogP contribution in [-0.4, -0.2) is 64.2 Å². The second-order valence-electron chi connectivity index (χ2n) is 8.11. The van der Waals surface area contributed by atoms with E-state index in [0.717, 1.165) is 6.42 Å². The van der Waals surface area contributed by atoms with Crippen molar-refractivity contribution in [3.8, 4) is 0 Å². The third-order valence-corrected chi connectivity index (χ3v) is 5.63. The summed E-state index contributed by atoms with van der Waals surface area (Å²) in [6.07, 6.45) is 2.60. The molecule has 0 radical (unpaired) electrons. The number of carbonyl (C=O) groups is 2. The quantitative estimate of drug-likeness (QED) is 0.672. The lowest BCUT2D eigenvalue weighted by atomic mass is 9.83. The largest absolute Gasteiger partial charge is 0.468 e. The van der Waals surface area contributed by atoms with Crippen molar-refractivity contribution in [2.75, 3.05) is 40.6 Å². The summed E-state index contributed by atoms with van der Waals surface area (Å²) in [6, 6.07) is 0. The minimum atomic E-state index is -0.842. The monoisotopic (exact) mass is 372 g/mol. The van der Waals surface area contributed by atoms with Crippen molar-refractivity contribution in [1.82, 2.24) is 0 Å². The highest BCUT2D eigenvalue weighted by Gasteiger charge is 2.56. The highest BCUT2D eigenvalue weighted by molar-refractivity contribution is 5.77. The van der Waals surface area contributed by atoms with Gasteiger partial charge in [0.15, 0.2) is 11.6 Å². The fraction of sp³-hybridized carbons (Fsp3) is 0.889. The normalized spacial score (nSPS) is 43.2. The van der Waals surface area contributed by atoms with Crippen molar-refractivity contribution in [3.05, 3.63) is 0 Å². The summed E-state index contributed by atoms with van der Waals surface area (Å²) in [6.45, 7) is 4.40. The van der Waals surface area contributed by atoms with Crippen LogP contribution in [0.5, 0.6) is 0 Å². The van der Waals surface area contributed by atoms with Crippen LogP contribution in [0.2, 0.25) is 0 Å². The molecule has 0 aromatic rings. The maximum Gasteiger partial charge on any atom is 0.316 e. The van der Waals surface area contributed by atoms with E-state index in [2.05, 4.69) is 0 Å². The van der Waals surface area contributed by atoms with Crippen molar-refractivity contribution in [2.24, 2.45) is 10.8 Å². The molecule has 148 valence electrons. The zero-order valence-corrected chi connectivity index (χ0v) is 15.9. The SMILES string of the molecule is COC(=O)C1(C)COC2(CCCC3(C2)OCC(C)(C(=O)OC)CO3)OC1. The van der Waals surface area contributed by atoms with E-state index in [-0.39, 0.29) is 38.4 Å². The highest BCUT2D eigenvalue weighted by Crippen LogP contribution is 2.47. The molecule has 3 fully saturated rings. The molecular weight excluding hydrogens is 344 g/mol. The van der Waals surface area contributed by atoms with Gasteiger partial charge in [0.25, 0.3) is 0 Å². The Balaban J connectivity index is 1.66. The molecule has 0 aromatic carbocycles. The van der Waals surface area contributed by atoms with Crippen molar-refractivity contribution < 1.29 is 38.0 Å². The van der Waals surface area contributed by atoms with E-state index in [0.29, 0.717) is 19.3 Å². The third kappa shape index (κ3) is 3.35. The molecule has 8 heteroatoms. The van der Waals surface area contributed by atoms with E-state index < -0.39 is 22.4 Å². The van der Waals surface area contributed by atoms with Crippen LogP contribution in [0.3, 0.4) is 0 Å². The molecule has 2 spiro atoms. The predicted octanol–water partition coefficient (Wildman–Crippen LogP) is 1.41. The van der Waals surface area contributed by atoms with Crippen LogP contribution < -0.4 is 0 Å². The molecule has 0 bridgehead atoms. The molecule has 3 rings (SSSR count). The summed E-state index contributed by atoms with van der Waals surface area (Å²) < 4.78 is 33.8. The van der Waals surface area contributed by atoms with Crippen LogP contribution in [0, 0.1) is 10.8 Å². The topological polar surface area (TPSA) is 89.5 Å². The molecule has 2 aliphatic heterocycles. The number of esters is 2. The van der Waals surface area contributed by atoms with E-state index >= 15 is 0 Å². The molecule has 1 aliphatic carbocycles. The fourth-order valence-electron chi connectivity index (χ4n) is 3.77. The van der Waals surface area contributed by atoms with E-state index in [1.165, 1.54) is 14.2 Å². The maximum atomic E-state index is 11.9. The van der Waals surface area contributed by atoms with Gasteiger partial charge in [0, 0.05) is 12.8 Å². The molecular formula is C18H28O8. The van der Waals surface area contributed by atoms with Crippen LogP contribution in [0.4, 0.5) is 0 Å². The van der Waals surface area contributed by atoms with Crippen LogP contribution in [0.15, 0.2) is 0 Å². The Kier molecular flexibility index (Phi) is 5.07. The second kappa shape index (κ2) is 6.74. The van der Waals surface area contributed by atoms with Gasteiger partial charge in [-0.25, -0.2) is 0 Å². The molecule has 0 aromatic heterocycles. The van der Waals surface area contributed by atoms with E-state index in [1.54, 1.807) is 13.8 Å². The van der Waals surface area contributed by atoms with Crippen LogP contribution in [0.1, 0.15) is 39.5 Å². The number of hydrogen-bond donors (Lipinski definition) is 0. The van der Waals surface area contributed by atoms with Crippen LogP contribution in [-0.2, 0) is 38.0 Å². The number of ether oxygens (including phenoxy) is 6. The molecule has 2 heterocycles. The lowest BCUT2D eigenvalue weighted by Gasteiger charge is -2.53. The summed E-state index contributed by atoms with van der Waals surface area (Å²) in [5.41, 5.74) is -1.63. The molecule has 1 saturated carbocycles. The van der Waals surface area contributed by atoms with Gasteiger partial charge in [-0.15, -0.1) is 0 Å². The summed E-state index contributed by atoms with van der Waals surface area (Å²) in [5.74, 6) is -2.39. The number of rotatable bonds is 2. The summed E-state index contributed by atoms with van der Waals surface area (Å²) in [4.78, 5) is 23.9. The lowest BCUT2D eigenvalue weighted by Crippen LogP contribution is -2.61. The maximum absolute atomic E-state index is 11.9. The smallest absolute Gasteiger partial charge is 0.316 e. The lowest BCUT2D eigenvalue weighted by molar-refractivity contribution is -0.382. The average Bonchev–Trinajstić information content (AvgIpc) is 2.66. The average molecular weight is 372 g/mol.